The van der Waals surface area contributed by atoms with Crippen molar-refractivity contribution in [3.05, 3.63) is 89.4 Å². The summed E-state index contributed by atoms with van der Waals surface area (Å²) in [7, 11) is 0. The second-order valence-electron chi connectivity index (χ2n) is 7.44. The summed E-state index contributed by atoms with van der Waals surface area (Å²) in [6, 6.07) is 16.9. The summed E-state index contributed by atoms with van der Waals surface area (Å²) in [6.45, 7) is 7.93. The molecule has 3 rings (SSSR count). The van der Waals surface area contributed by atoms with Crippen molar-refractivity contribution < 1.29 is 24.2 Å². The molecule has 0 unspecified atom stereocenters. The highest BCUT2D eigenvalue weighted by Gasteiger charge is 2.12. The molecular formula is C26H25N3O5. The second kappa shape index (κ2) is 12.6. The molecule has 0 saturated heterocycles. The van der Waals surface area contributed by atoms with Crippen LogP contribution in [0.4, 0.5) is 5.69 Å². The molecule has 1 heterocycles. The monoisotopic (exact) mass is 459 g/mol. The van der Waals surface area contributed by atoms with Crippen molar-refractivity contribution in [3.8, 4) is 17.4 Å². The van der Waals surface area contributed by atoms with Gasteiger partial charge in [0.05, 0.1) is 24.3 Å². The van der Waals surface area contributed by atoms with Gasteiger partial charge in [-0.2, -0.15) is 0 Å². The van der Waals surface area contributed by atoms with Gasteiger partial charge in [0.25, 0.3) is 0 Å². The largest absolute Gasteiger partial charge is 0.494 e. The number of amides is 1. The lowest BCUT2D eigenvalue weighted by molar-refractivity contribution is -0.115. The van der Waals surface area contributed by atoms with Crippen molar-refractivity contribution in [2.24, 2.45) is 0 Å². The van der Waals surface area contributed by atoms with Crippen LogP contribution in [0.15, 0.2) is 66.9 Å². The molecule has 0 spiro atoms. The molecule has 0 fully saturated rings. The standard InChI is InChI=1S/C26H25N3O5/c1-27-15-5-2-6-16-33-20-10-12-21(13-11-20)34-25-14-9-19(18-28-25)17-24(30)29-23-8-4-3-7-22(23)26(31)32/h3-4,7-14,18H,2,5-6,15-17H2,(H,29,30)(H,31,32). The number of carboxylic acid groups (broad SMARTS) is 1. The lowest BCUT2D eigenvalue weighted by atomic mass is 10.1. The molecule has 1 aromatic heterocycles. The molecule has 8 heteroatoms. The average molecular weight is 460 g/mol. The first-order chi connectivity index (χ1) is 16.5. The van der Waals surface area contributed by atoms with Crippen LogP contribution in [0, 0.1) is 6.57 Å². The third kappa shape index (κ3) is 7.64. The molecule has 0 radical (unpaired) electrons. The Morgan fingerprint density at radius 3 is 2.44 bits per heavy atom. The van der Waals surface area contributed by atoms with Gasteiger partial charge in [-0.25, -0.2) is 16.4 Å². The van der Waals surface area contributed by atoms with Crippen LogP contribution in [0.25, 0.3) is 4.85 Å². The number of nitrogens with zero attached hydrogens (tertiary/aromatic N) is 2. The predicted octanol–water partition coefficient (Wildman–Crippen LogP) is 5.22. The van der Waals surface area contributed by atoms with Crippen molar-refractivity contribution in [2.75, 3.05) is 18.5 Å². The number of rotatable bonds is 12. The number of aromatic carboxylic acids is 1. The zero-order valence-electron chi connectivity index (χ0n) is 18.6. The molecule has 0 aliphatic heterocycles. The Kier molecular flexibility index (Phi) is 9.00. The number of benzene rings is 2. The third-order valence-electron chi connectivity index (χ3n) is 4.82. The number of pyridine rings is 1. The number of para-hydroxylation sites is 1. The summed E-state index contributed by atoms with van der Waals surface area (Å²) < 4.78 is 11.4. The fourth-order valence-electron chi connectivity index (χ4n) is 3.12. The number of hydrogen-bond donors (Lipinski definition) is 2. The van der Waals surface area contributed by atoms with Gasteiger partial charge in [-0.15, -0.1) is 0 Å². The van der Waals surface area contributed by atoms with E-state index in [1.807, 2.05) is 12.1 Å². The Labute approximate surface area is 198 Å². The topological polar surface area (TPSA) is 102 Å². The maximum Gasteiger partial charge on any atom is 0.337 e. The van der Waals surface area contributed by atoms with Gasteiger partial charge in [-0.3, -0.25) is 4.79 Å². The van der Waals surface area contributed by atoms with Gasteiger partial charge in [0.1, 0.15) is 11.5 Å². The van der Waals surface area contributed by atoms with Gasteiger partial charge < -0.3 is 24.7 Å². The minimum atomic E-state index is -1.10. The molecule has 0 saturated carbocycles. The van der Waals surface area contributed by atoms with E-state index >= 15 is 0 Å². The van der Waals surface area contributed by atoms with E-state index in [0.717, 1.165) is 25.0 Å². The fraction of sp³-hybridized carbons (Fsp3) is 0.231. The Balaban J connectivity index is 1.47. The summed E-state index contributed by atoms with van der Waals surface area (Å²) in [5.41, 5.74) is 0.948. The highest BCUT2D eigenvalue weighted by atomic mass is 16.5. The van der Waals surface area contributed by atoms with Crippen molar-refractivity contribution in [1.82, 2.24) is 4.98 Å². The summed E-state index contributed by atoms with van der Waals surface area (Å²) in [6.07, 6.45) is 4.38. The number of anilines is 1. The molecule has 0 aliphatic rings. The quantitative estimate of drug-likeness (QED) is 0.284. The number of unbranched alkanes of at least 4 members (excludes halogenated alkanes) is 2. The van der Waals surface area contributed by atoms with Gasteiger partial charge in [0.2, 0.25) is 18.3 Å². The molecule has 8 nitrogen and oxygen atoms in total. The number of carbonyl (C=O) groups excluding carboxylic acids is 1. The minimum absolute atomic E-state index is 0.0331. The molecule has 3 aromatic rings. The van der Waals surface area contributed by atoms with Crippen molar-refractivity contribution >= 4 is 17.6 Å². The Bertz CT molecular complexity index is 1140. The van der Waals surface area contributed by atoms with E-state index in [2.05, 4.69) is 15.1 Å². The summed E-state index contributed by atoms with van der Waals surface area (Å²) in [4.78, 5) is 31.2. The predicted molar refractivity (Wildman–Crippen MR) is 127 cm³/mol. The van der Waals surface area contributed by atoms with Crippen LogP contribution in [0.3, 0.4) is 0 Å². The molecule has 0 bridgehead atoms. The van der Waals surface area contributed by atoms with Crippen molar-refractivity contribution in [2.45, 2.75) is 25.7 Å². The first kappa shape index (κ1) is 24.3. The first-order valence-electron chi connectivity index (χ1n) is 10.9. The normalized spacial score (nSPS) is 10.2. The van der Waals surface area contributed by atoms with Gasteiger partial charge in [0.15, 0.2) is 0 Å². The Morgan fingerprint density at radius 1 is 0.971 bits per heavy atom. The van der Waals surface area contributed by atoms with Gasteiger partial charge in [0, 0.05) is 18.7 Å². The van der Waals surface area contributed by atoms with E-state index in [-0.39, 0.29) is 23.6 Å². The maximum absolute atomic E-state index is 12.3. The SMILES string of the molecule is [C-]#[N+]CCCCCOc1ccc(Oc2ccc(CC(=O)Nc3ccccc3C(=O)O)cn2)cc1. The van der Waals surface area contributed by atoms with E-state index in [0.29, 0.717) is 30.3 Å². The van der Waals surface area contributed by atoms with E-state index in [4.69, 9.17) is 16.0 Å². The van der Waals surface area contributed by atoms with Crippen LogP contribution < -0.4 is 14.8 Å². The number of nitrogens with one attached hydrogen (secondary N) is 1. The molecule has 174 valence electrons. The van der Waals surface area contributed by atoms with Crippen LogP contribution in [-0.2, 0) is 11.2 Å². The molecule has 0 atom stereocenters. The van der Waals surface area contributed by atoms with E-state index in [1.165, 1.54) is 6.07 Å². The molecule has 34 heavy (non-hydrogen) atoms. The van der Waals surface area contributed by atoms with E-state index in [1.54, 1.807) is 48.7 Å². The van der Waals surface area contributed by atoms with Crippen LogP contribution in [0.1, 0.15) is 35.2 Å². The summed E-state index contributed by atoms with van der Waals surface area (Å²) >= 11 is 0. The van der Waals surface area contributed by atoms with Crippen LogP contribution in [-0.4, -0.2) is 35.1 Å². The lowest BCUT2D eigenvalue weighted by Crippen LogP contribution is -2.16. The van der Waals surface area contributed by atoms with Gasteiger partial charge in [-0.1, -0.05) is 18.2 Å². The number of hydrogen-bond acceptors (Lipinski definition) is 5. The van der Waals surface area contributed by atoms with E-state index in [9.17, 15) is 14.7 Å². The van der Waals surface area contributed by atoms with Crippen LogP contribution in [0.5, 0.6) is 17.4 Å². The number of carbonyl (C=O) groups is 2. The van der Waals surface area contributed by atoms with Crippen molar-refractivity contribution in [3.63, 3.8) is 0 Å². The Morgan fingerprint density at radius 2 is 1.74 bits per heavy atom. The number of carboxylic acids is 1. The van der Waals surface area contributed by atoms with Crippen LogP contribution >= 0.6 is 0 Å². The Hall–Kier alpha value is -4.38. The molecule has 2 aromatic carbocycles. The van der Waals surface area contributed by atoms with Crippen molar-refractivity contribution in [1.29, 1.82) is 0 Å². The third-order valence-corrected chi connectivity index (χ3v) is 4.82. The first-order valence-corrected chi connectivity index (χ1v) is 10.9. The summed E-state index contributed by atoms with van der Waals surface area (Å²) in [5.74, 6) is 0.288. The second-order valence-corrected chi connectivity index (χ2v) is 7.44. The zero-order valence-corrected chi connectivity index (χ0v) is 18.6. The maximum atomic E-state index is 12.3. The average Bonchev–Trinajstić information content (AvgIpc) is 2.84. The molecule has 0 aliphatic carbocycles. The molecule has 2 N–H and O–H groups in total. The highest BCUT2D eigenvalue weighted by Crippen LogP contribution is 2.23. The fourth-order valence-corrected chi connectivity index (χ4v) is 3.12. The number of aromatic nitrogens is 1. The molecular weight excluding hydrogens is 434 g/mol. The number of ether oxygens (including phenoxy) is 2. The lowest BCUT2D eigenvalue weighted by Gasteiger charge is -2.09. The van der Waals surface area contributed by atoms with Gasteiger partial charge >= 0.3 is 5.97 Å². The van der Waals surface area contributed by atoms with Gasteiger partial charge in [-0.05, 0) is 54.8 Å². The zero-order chi connectivity index (χ0) is 24.2. The highest BCUT2D eigenvalue weighted by molar-refractivity contribution is 6.00. The van der Waals surface area contributed by atoms with Crippen LogP contribution in [0.2, 0.25) is 0 Å². The smallest absolute Gasteiger partial charge is 0.337 e. The van der Waals surface area contributed by atoms with E-state index < -0.39 is 5.97 Å². The summed E-state index contributed by atoms with van der Waals surface area (Å²) in [5, 5.41) is 11.8. The minimum Gasteiger partial charge on any atom is -0.494 e. The molecule has 1 amide bonds.